The van der Waals surface area contributed by atoms with E-state index in [4.69, 9.17) is 9.16 Å². The van der Waals surface area contributed by atoms with Gasteiger partial charge in [-0.25, -0.2) is 4.79 Å². The minimum Gasteiger partial charge on any atom is -0.457 e. The van der Waals surface area contributed by atoms with Gasteiger partial charge in [-0.3, -0.25) is 0 Å². The molecule has 1 aromatic rings. The van der Waals surface area contributed by atoms with Crippen molar-refractivity contribution in [3.05, 3.63) is 48.0 Å². The molecule has 4 heteroatoms. The molecule has 0 aliphatic rings. The van der Waals surface area contributed by atoms with Crippen LogP contribution in [0.1, 0.15) is 53.2 Å². The molecule has 0 N–H and O–H groups in total. The first-order valence-electron chi connectivity index (χ1n) is 8.89. The summed E-state index contributed by atoms with van der Waals surface area (Å²) in [6.45, 7) is 12.2. The van der Waals surface area contributed by atoms with Gasteiger partial charge < -0.3 is 9.16 Å². The molecule has 0 aliphatic heterocycles. The number of rotatable bonds is 8. The lowest BCUT2D eigenvalue weighted by molar-refractivity contribution is -0.148. The molecule has 1 atom stereocenters. The van der Waals surface area contributed by atoms with Gasteiger partial charge in [-0.05, 0) is 50.5 Å². The highest BCUT2D eigenvalue weighted by atomic mass is 28.4. The Morgan fingerprint density at radius 2 is 1.62 bits per heavy atom. The molecular weight excluding hydrogens is 316 g/mol. The second kappa shape index (κ2) is 9.18. The lowest BCUT2D eigenvalue weighted by Crippen LogP contribution is -2.37. The van der Waals surface area contributed by atoms with Crippen LogP contribution in [0.3, 0.4) is 0 Å². The van der Waals surface area contributed by atoms with Crippen molar-refractivity contribution >= 4 is 14.3 Å². The van der Waals surface area contributed by atoms with Gasteiger partial charge in [-0.15, -0.1) is 0 Å². The van der Waals surface area contributed by atoms with E-state index < -0.39 is 13.9 Å². The Labute approximate surface area is 148 Å². The molecule has 0 fully saturated rings. The van der Waals surface area contributed by atoms with Crippen molar-refractivity contribution in [2.24, 2.45) is 0 Å². The number of hydrogen-bond donors (Lipinski definition) is 0. The number of hydrogen-bond acceptors (Lipinski definition) is 3. The molecular formula is C20H32O3Si. The topological polar surface area (TPSA) is 35.5 Å². The first-order valence-corrected chi connectivity index (χ1v) is 11.4. The molecule has 0 saturated heterocycles. The number of carbonyl (C=O) groups excluding carboxylic acids is 1. The zero-order valence-electron chi connectivity index (χ0n) is 16.0. The summed E-state index contributed by atoms with van der Waals surface area (Å²) in [4.78, 5) is 12.0. The van der Waals surface area contributed by atoms with Crippen molar-refractivity contribution in [1.82, 2.24) is 0 Å². The van der Waals surface area contributed by atoms with Crippen LogP contribution >= 0.6 is 0 Å². The fourth-order valence-electron chi connectivity index (χ4n) is 2.63. The van der Waals surface area contributed by atoms with Gasteiger partial charge in [-0.1, -0.05) is 51.1 Å². The van der Waals surface area contributed by atoms with Crippen molar-refractivity contribution in [2.75, 3.05) is 0 Å². The van der Waals surface area contributed by atoms with Gasteiger partial charge >= 0.3 is 5.97 Å². The summed E-state index contributed by atoms with van der Waals surface area (Å²) in [6, 6.07) is 13.3. The minimum atomic E-state index is -1.79. The van der Waals surface area contributed by atoms with Crippen LogP contribution < -0.4 is 0 Å². The van der Waals surface area contributed by atoms with E-state index in [1.807, 2.05) is 57.2 Å². The molecule has 1 rings (SSSR count). The highest BCUT2D eigenvalue weighted by Crippen LogP contribution is 2.30. The van der Waals surface area contributed by atoms with Crippen LogP contribution in [0.5, 0.6) is 0 Å². The highest BCUT2D eigenvalue weighted by Gasteiger charge is 2.31. The summed E-state index contributed by atoms with van der Waals surface area (Å²) in [5.41, 5.74) is 0.587. The second-order valence-electron chi connectivity index (χ2n) is 7.09. The minimum absolute atomic E-state index is 0.203. The molecule has 1 unspecified atom stereocenters. The van der Waals surface area contributed by atoms with Crippen molar-refractivity contribution < 1.29 is 14.0 Å². The molecule has 0 aromatic heterocycles. The predicted octanol–water partition coefficient (Wildman–Crippen LogP) is 5.65. The quantitative estimate of drug-likeness (QED) is 0.346. The van der Waals surface area contributed by atoms with Crippen LogP contribution in [0.4, 0.5) is 0 Å². The van der Waals surface area contributed by atoms with Gasteiger partial charge in [0.25, 0.3) is 0 Å². The van der Waals surface area contributed by atoms with Crippen molar-refractivity contribution in [2.45, 2.75) is 71.4 Å². The van der Waals surface area contributed by atoms with E-state index in [1.54, 1.807) is 0 Å². The summed E-state index contributed by atoms with van der Waals surface area (Å²) < 4.78 is 12.0. The molecule has 0 saturated carbocycles. The molecule has 0 heterocycles. The molecule has 0 amide bonds. The fraction of sp³-hybridized carbons (Fsp3) is 0.550. The molecule has 24 heavy (non-hydrogen) atoms. The number of carbonyl (C=O) groups is 1. The zero-order chi connectivity index (χ0) is 18.2. The van der Waals surface area contributed by atoms with E-state index in [0.29, 0.717) is 0 Å². The number of benzene rings is 1. The monoisotopic (exact) mass is 348 g/mol. The van der Waals surface area contributed by atoms with E-state index in [9.17, 15) is 4.79 Å². The normalized spacial score (nSPS) is 13.9. The Kier molecular flexibility index (Phi) is 7.90. The maximum atomic E-state index is 12.0. The first kappa shape index (κ1) is 20.7. The van der Waals surface area contributed by atoms with E-state index in [-0.39, 0.29) is 12.1 Å². The summed E-state index contributed by atoms with van der Waals surface area (Å²) in [5, 5.41) is 0. The van der Waals surface area contributed by atoms with E-state index in [2.05, 4.69) is 20.8 Å². The maximum absolute atomic E-state index is 12.0. The van der Waals surface area contributed by atoms with Crippen molar-refractivity contribution in [3.8, 4) is 0 Å². The predicted molar refractivity (Wildman–Crippen MR) is 102 cm³/mol. The molecule has 134 valence electrons. The van der Waals surface area contributed by atoms with Crippen LogP contribution in [0, 0.1) is 0 Å². The summed E-state index contributed by atoms with van der Waals surface area (Å²) in [7, 11) is -1.79. The third kappa shape index (κ3) is 6.61. The molecule has 0 bridgehead atoms. The van der Waals surface area contributed by atoms with Crippen LogP contribution in [0.25, 0.3) is 0 Å². The van der Waals surface area contributed by atoms with E-state index in [0.717, 1.165) is 23.7 Å². The molecule has 1 aromatic carbocycles. The summed E-state index contributed by atoms with van der Waals surface area (Å²) in [5.74, 6) is -0.330. The zero-order valence-corrected chi connectivity index (χ0v) is 17.0. The van der Waals surface area contributed by atoms with Crippen LogP contribution in [0.15, 0.2) is 42.5 Å². The average Bonchev–Trinajstić information content (AvgIpc) is 2.55. The van der Waals surface area contributed by atoms with Gasteiger partial charge in [-0.2, -0.15) is 0 Å². The highest BCUT2D eigenvalue weighted by molar-refractivity contribution is 6.73. The Balaban J connectivity index is 3.01. The van der Waals surface area contributed by atoms with Gasteiger partial charge in [0.05, 0.1) is 6.10 Å². The average molecular weight is 349 g/mol. The SMILES string of the molecule is CC[Si](CC)(CC)OC(/C=C/C(=O)OC(C)(C)C)c1ccccc1. The molecule has 0 aliphatic carbocycles. The van der Waals surface area contributed by atoms with Gasteiger partial charge in [0, 0.05) is 6.08 Å². The Bertz CT molecular complexity index is 519. The van der Waals surface area contributed by atoms with Crippen LogP contribution in [0.2, 0.25) is 18.1 Å². The Hall–Kier alpha value is -1.39. The number of ether oxygens (including phenoxy) is 1. The first-order chi connectivity index (χ1) is 11.2. The van der Waals surface area contributed by atoms with Gasteiger partial charge in [0.1, 0.15) is 5.60 Å². The largest absolute Gasteiger partial charge is 0.457 e. The summed E-state index contributed by atoms with van der Waals surface area (Å²) >= 11 is 0. The van der Waals surface area contributed by atoms with Crippen LogP contribution in [-0.4, -0.2) is 19.9 Å². The third-order valence-electron chi connectivity index (χ3n) is 4.25. The van der Waals surface area contributed by atoms with Crippen LogP contribution in [-0.2, 0) is 14.0 Å². The number of esters is 1. The van der Waals surface area contributed by atoms with Gasteiger partial charge in [0.2, 0.25) is 0 Å². The summed E-state index contributed by atoms with van der Waals surface area (Å²) in [6.07, 6.45) is 3.14. The van der Waals surface area contributed by atoms with Crippen molar-refractivity contribution in [3.63, 3.8) is 0 Å². The third-order valence-corrected chi connectivity index (χ3v) is 8.87. The van der Waals surface area contributed by atoms with E-state index in [1.165, 1.54) is 6.08 Å². The smallest absolute Gasteiger partial charge is 0.331 e. The molecule has 0 spiro atoms. The van der Waals surface area contributed by atoms with Gasteiger partial charge in [0.15, 0.2) is 8.32 Å². The molecule has 0 radical (unpaired) electrons. The fourth-order valence-corrected chi connectivity index (χ4v) is 5.39. The lowest BCUT2D eigenvalue weighted by Gasteiger charge is -2.32. The van der Waals surface area contributed by atoms with Crippen molar-refractivity contribution in [1.29, 1.82) is 0 Å². The maximum Gasteiger partial charge on any atom is 0.331 e. The standard InChI is InChI=1S/C20H32O3Si/c1-7-24(8-2,9-3)23-18(17-13-11-10-12-14-17)15-16-19(21)22-20(4,5)6/h10-16,18H,7-9H2,1-6H3/b16-15+. The lowest BCUT2D eigenvalue weighted by atomic mass is 10.1. The Morgan fingerprint density at radius 1 is 1.08 bits per heavy atom. The van der Waals surface area contributed by atoms with E-state index >= 15 is 0 Å². The second-order valence-corrected chi connectivity index (χ2v) is 11.8. The molecule has 3 nitrogen and oxygen atoms in total. The Morgan fingerprint density at radius 3 is 2.08 bits per heavy atom.